The lowest BCUT2D eigenvalue weighted by Crippen LogP contribution is -2.05. The number of nitrogens with zero attached hydrogens (tertiary/aromatic N) is 2. The molecule has 18 heavy (non-hydrogen) atoms. The topological polar surface area (TPSA) is 17.8 Å². The third-order valence-corrected chi connectivity index (χ3v) is 2.70. The lowest BCUT2D eigenvalue weighted by Gasteiger charge is -2.12. The maximum atomic E-state index is 12.4. The SMILES string of the molecule is CC(C)n1ccnc1-c1ccc(C(F)(F)F)cc1. The van der Waals surface area contributed by atoms with Gasteiger partial charge in [-0.15, -0.1) is 0 Å². The molecule has 2 nitrogen and oxygen atoms in total. The van der Waals surface area contributed by atoms with Crippen molar-refractivity contribution in [3.8, 4) is 11.4 Å². The van der Waals surface area contributed by atoms with Crippen molar-refractivity contribution in [1.82, 2.24) is 9.55 Å². The van der Waals surface area contributed by atoms with Crippen LogP contribution in [0.25, 0.3) is 11.4 Å². The lowest BCUT2D eigenvalue weighted by molar-refractivity contribution is -0.137. The Morgan fingerprint density at radius 3 is 2.22 bits per heavy atom. The minimum Gasteiger partial charge on any atom is -0.328 e. The van der Waals surface area contributed by atoms with Gasteiger partial charge in [-0.05, 0) is 26.0 Å². The summed E-state index contributed by atoms with van der Waals surface area (Å²) in [5.41, 5.74) is 0.0376. The van der Waals surface area contributed by atoms with Crippen LogP contribution < -0.4 is 0 Å². The Kier molecular flexibility index (Phi) is 3.15. The summed E-state index contributed by atoms with van der Waals surface area (Å²) in [4.78, 5) is 4.18. The summed E-state index contributed by atoms with van der Waals surface area (Å²) < 4.78 is 39.3. The first kappa shape index (κ1) is 12.7. The smallest absolute Gasteiger partial charge is 0.328 e. The van der Waals surface area contributed by atoms with Crippen LogP contribution in [0.1, 0.15) is 25.5 Å². The Morgan fingerprint density at radius 2 is 1.72 bits per heavy atom. The van der Waals surface area contributed by atoms with E-state index in [0.29, 0.717) is 11.4 Å². The minimum atomic E-state index is -4.30. The Bertz CT molecular complexity index is 524. The van der Waals surface area contributed by atoms with Crippen LogP contribution in [0.15, 0.2) is 36.7 Å². The van der Waals surface area contributed by atoms with Gasteiger partial charge < -0.3 is 4.57 Å². The zero-order valence-corrected chi connectivity index (χ0v) is 10.1. The van der Waals surface area contributed by atoms with Crippen LogP contribution in [0.3, 0.4) is 0 Å². The second kappa shape index (κ2) is 4.48. The zero-order valence-electron chi connectivity index (χ0n) is 10.1. The normalized spacial score (nSPS) is 12.1. The number of hydrogen-bond donors (Lipinski definition) is 0. The number of alkyl halides is 3. The zero-order chi connectivity index (χ0) is 13.3. The molecule has 0 amide bonds. The third-order valence-electron chi connectivity index (χ3n) is 2.70. The summed E-state index contributed by atoms with van der Waals surface area (Å²) in [6, 6.07) is 5.27. The molecule has 0 unspecified atom stereocenters. The molecule has 0 aliphatic heterocycles. The van der Waals surface area contributed by atoms with Crippen molar-refractivity contribution in [2.45, 2.75) is 26.1 Å². The first-order valence-electron chi connectivity index (χ1n) is 5.60. The van der Waals surface area contributed by atoms with E-state index in [0.717, 1.165) is 12.1 Å². The molecule has 0 fully saturated rings. The van der Waals surface area contributed by atoms with E-state index in [2.05, 4.69) is 4.98 Å². The number of halogens is 3. The fourth-order valence-electron chi connectivity index (χ4n) is 1.76. The predicted octanol–water partition coefficient (Wildman–Crippen LogP) is 4.15. The Labute approximate surface area is 103 Å². The molecule has 0 atom stereocenters. The Balaban J connectivity index is 2.38. The molecular weight excluding hydrogens is 241 g/mol. The van der Waals surface area contributed by atoms with Crippen molar-refractivity contribution in [3.63, 3.8) is 0 Å². The monoisotopic (exact) mass is 254 g/mol. The second-order valence-electron chi connectivity index (χ2n) is 4.33. The van der Waals surface area contributed by atoms with Crippen molar-refractivity contribution in [2.75, 3.05) is 0 Å². The number of benzene rings is 1. The van der Waals surface area contributed by atoms with Gasteiger partial charge in [-0.1, -0.05) is 12.1 Å². The highest BCUT2D eigenvalue weighted by Gasteiger charge is 2.30. The van der Waals surface area contributed by atoms with Gasteiger partial charge in [-0.2, -0.15) is 13.2 Å². The van der Waals surface area contributed by atoms with Gasteiger partial charge in [0.05, 0.1) is 5.56 Å². The molecule has 96 valence electrons. The molecule has 1 heterocycles. The third kappa shape index (κ3) is 2.39. The summed E-state index contributed by atoms with van der Waals surface area (Å²) in [5.74, 6) is 0.679. The van der Waals surface area contributed by atoms with Crippen LogP contribution in [0.2, 0.25) is 0 Å². The Morgan fingerprint density at radius 1 is 1.11 bits per heavy atom. The molecule has 0 spiro atoms. The van der Waals surface area contributed by atoms with E-state index in [-0.39, 0.29) is 6.04 Å². The number of aromatic nitrogens is 2. The maximum Gasteiger partial charge on any atom is 0.416 e. The standard InChI is InChI=1S/C13H13F3N2/c1-9(2)18-8-7-17-12(18)10-3-5-11(6-4-10)13(14,15)16/h3-9H,1-2H3. The highest BCUT2D eigenvalue weighted by molar-refractivity contribution is 5.56. The van der Waals surface area contributed by atoms with Gasteiger partial charge in [-0.3, -0.25) is 0 Å². The quantitative estimate of drug-likeness (QED) is 0.787. The molecule has 5 heteroatoms. The molecular formula is C13H13F3N2. The summed E-state index contributed by atoms with van der Waals surface area (Å²) in [7, 11) is 0. The molecule has 0 saturated carbocycles. The highest BCUT2D eigenvalue weighted by atomic mass is 19.4. The lowest BCUT2D eigenvalue weighted by atomic mass is 10.1. The van der Waals surface area contributed by atoms with Crippen LogP contribution in [0.4, 0.5) is 13.2 Å². The maximum absolute atomic E-state index is 12.4. The van der Waals surface area contributed by atoms with Gasteiger partial charge in [0.1, 0.15) is 5.82 Å². The second-order valence-corrected chi connectivity index (χ2v) is 4.33. The average molecular weight is 254 g/mol. The van der Waals surface area contributed by atoms with Crippen LogP contribution in [0.5, 0.6) is 0 Å². The molecule has 1 aromatic carbocycles. The molecule has 0 aliphatic carbocycles. The number of rotatable bonds is 2. The van der Waals surface area contributed by atoms with E-state index >= 15 is 0 Å². The van der Waals surface area contributed by atoms with Crippen molar-refractivity contribution < 1.29 is 13.2 Å². The van der Waals surface area contributed by atoms with Gasteiger partial charge in [-0.25, -0.2) is 4.98 Å². The summed E-state index contributed by atoms with van der Waals surface area (Å²) >= 11 is 0. The van der Waals surface area contributed by atoms with Crippen molar-refractivity contribution >= 4 is 0 Å². The van der Waals surface area contributed by atoms with Crippen molar-refractivity contribution in [3.05, 3.63) is 42.2 Å². The van der Waals surface area contributed by atoms with E-state index < -0.39 is 11.7 Å². The van der Waals surface area contributed by atoms with E-state index in [9.17, 15) is 13.2 Å². The van der Waals surface area contributed by atoms with Crippen LogP contribution in [-0.2, 0) is 6.18 Å². The summed E-state index contributed by atoms with van der Waals surface area (Å²) in [6.07, 6.45) is -0.837. The molecule has 2 rings (SSSR count). The molecule has 0 aliphatic rings. The number of hydrogen-bond acceptors (Lipinski definition) is 1. The van der Waals surface area contributed by atoms with Crippen molar-refractivity contribution in [2.24, 2.45) is 0 Å². The molecule has 0 bridgehead atoms. The number of imidazole rings is 1. The fourth-order valence-corrected chi connectivity index (χ4v) is 1.76. The van der Waals surface area contributed by atoms with E-state index in [1.54, 1.807) is 6.20 Å². The van der Waals surface area contributed by atoms with E-state index in [1.165, 1.54) is 12.1 Å². The molecule has 1 aromatic heterocycles. The van der Waals surface area contributed by atoms with Gasteiger partial charge in [0.2, 0.25) is 0 Å². The molecule has 0 saturated heterocycles. The van der Waals surface area contributed by atoms with E-state index in [1.807, 2.05) is 24.6 Å². The molecule has 0 radical (unpaired) electrons. The van der Waals surface area contributed by atoms with Crippen molar-refractivity contribution in [1.29, 1.82) is 0 Å². The molecule has 2 aromatic rings. The Hall–Kier alpha value is -1.78. The fraction of sp³-hybridized carbons (Fsp3) is 0.308. The predicted molar refractivity (Wildman–Crippen MR) is 63.1 cm³/mol. The average Bonchev–Trinajstić information content (AvgIpc) is 2.77. The van der Waals surface area contributed by atoms with Gasteiger partial charge >= 0.3 is 6.18 Å². The highest BCUT2D eigenvalue weighted by Crippen LogP contribution is 2.31. The largest absolute Gasteiger partial charge is 0.416 e. The van der Waals surface area contributed by atoms with Gasteiger partial charge in [0, 0.05) is 24.0 Å². The first-order valence-corrected chi connectivity index (χ1v) is 5.60. The van der Waals surface area contributed by atoms with Crippen LogP contribution >= 0.6 is 0 Å². The van der Waals surface area contributed by atoms with Crippen LogP contribution in [-0.4, -0.2) is 9.55 Å². The molecule has 0 N–H and O–H groups in total. The van der Waals surface area contributed by atoms with Gasteiger partial charge in [0.25, 0.3) is 0 Å². The summed E-state index contributed by atoms with van der Waals surface area (Å²) in [5, 5.41) is 0. The summed E-state index contributed by atoms with van der Waals surface area (Å²) in [6.45, 7) is 3.99. The first-order chi connectivity index (χ1) is 8.39. The van der Waals surface area contributed by atoms with Crippen LogP contribution in [0, 0.1) is 0 Å². The van der Waals surface area contributed by atoms with E-state index in [4.69, 9.17) is 0 Å². The van der Waals surface area contributed by atoms with Gasteiger partial charge in [0.15, 0.2) is 0 Å². The minimum absolute atomic E-state index is 0.213.